The fourth-order valence-corrected chi connectivity index (χ4v) is 4.54. The Morgan fingerprint density at radius 3 is 2.07 bits per heavy atom. The van der Waals surface area contributed by atoms with Gasteiger partial charge in [0.05, 0.1) is 12.2 Å². The molecule has 0 bridgehead atoms. The SMILES string of the molecule is C=CCOc1ccc(-c2ccc(C(=O)Oc3ccccc3C(=O)OCCC(OCCCCCCCCC)C(F)(F)F)cc2)cc1. The molecule has 0 aromatic heterocycles. The van der Waals surface area contributed by atoms with Crippen molar-refractivity contribution in [1.29, 1.82) is 0 Å². The van der Waals surface area contributed by atoms with Gasteiger partial charge in [0, 0.05) is 13.0 Å². The molecular formula is C36H41F3O6. The maximum absolute atomic E-state index is 13.5. The number of esters is 2. The van der Waals surface area contributed by atoms with Crippen molar-refractivity contribution in [3.8, 4) is 22.6 Å². The molecule has 0 heterocycles. The van der Waals surface area contributed by atoms with Crippen LogP contribution in [-0.2, 0) is 9.47 Å². The summed E-state index contributed by atoms with van der Waals surface area (Å²) in [5, 5.41) is 0. The van der Waals surface area contributed by atoms with E-state index in [0.717, 1.165) is 49.7 Å². The number of ether oxygens (including phenoxy) is 4. The van der Waals surface area contributed by atoms with Crippen molar-refractivity contribution >= 4 is 11.9 Å². The molecule has 242 valence electrons. The highest BCUT2D eigenvalue weighted by Gasteiger charge is 2.40. The summed E-state index contributed by atoms with van der Waals surface area (Å²) in [4.78, 5) is 25.6. The van der Waals surface area contributed by atoms with Gasteiger partial charge in [-0.15, -0.1) is 0 Å². The molecule has 0 saturated carbocycles. The number of para-hydroxylation sites is 1. The summed E-state index contributed by atoms with van der Waals surface area (Å²) >= 11 is 0. The van der Waals surface area contributed by atoms with E-state index in [2.05, 4.69) is 13.5 Å². The molecule has 0 fully saturated rings. The molecular weight excluding hydrogens is 585 g/mol. The van der Waals surface area contributed by atoms with Gasteiger partial charge >= 0.3 is 18.1 Å². The van der Waals surface area contributed by atoms with Gasteiger partial charge < -0.3 is 18.9 Å². The van der Waals surface area contributed by atoms with Gasteiger partial charge in [0.1, 0.15) is 23.7 Å². The zero-order valence-electron chi connectivity index (χ0n) is 25.7. The standard InChI is InChI=1S/C36H41F3O6/c1-3-5-6-7-8-9-12-25-43-33(36(37,38)39)23-26-44-35(41)31-13-10-11-14-32(31)45-34(40)29-17-15-27(16-18-29)28-19-21-30(22-20-28)42-24-4-2/h4,10-11,13-22,33H,2-3,5-9,12,23-26H2,1H3. The van der Waals surface area contributed by atoms with Crippen LogP contribution in [0.2, 0.25) is 0 Å². The second kappa shape index (κ2) is 18.6. The van der Waals surface area contributed by atoms with Crippen LogP contribution >= 0.6 is 0 Å². The summed E-state index contributed by atoms with van der Waals surface area (Å²) in [7, 11) is 0. The van der Waals surface area contributed by atoms with Gasteiger partial charge in [-0.3, -0.25) is 0 Å². The van der Waals surface area contributed by atoms with Crippen molar-refractivity contribution in [3.63, 3.8) is 0 Å². The lowest BCUT2D eigenvalue weighted by Crippen LogP contribution is -2.33. The lowest BCUT2D eigenvalue weighted by molar-refractivity contribution is -0.224. The first-order valence-electron chi connectivity index (χ1n) is 15.3. The lowest BCUT2D eigenvalue weighted by Gasteiger charge is -2.21. The number of hydrogen-bond acceptors (Lipinski definition) is 6. The normalized spacial score (nSPS) is 11.9. The molecule has 0 radical (unpaired) electrons. The molecule has 0 amide bonds. The summed E-state index contributed by atoms with van der Waals surface area (Å²) in [6.45, 7) is 5.64. The maximum atomic E-state index is 13.5. The van der Waals surface area contributed by atoms with Crippen LogP contribution < -0.4 is 9.47 Å². The Labute approximate surface area is 263 Å². The van der Waals surface area contributed by atoms with E-state index in [-0.39, 0.29) is 23.5 Å². The zero-order chi connectivity index (χ0) is 32.5. The van der Waals surface area contributed by atoms with Gasteiger partial charge in [-0.1, -0.05) is 94.5 Å². The average molecular weight is 627 g/mol. The van der Waals surface area contributed by atoms with Crippen molar-refractivity contribution in [2.24, 2.45) is 0 Å². The summed E-state index contributed by atoms with van der Waals surface area (Å²) in [6, 6.07) is 20.1. The summed E-state index contributed by atoms with van der Waals surface area (Å²) in [5.74, 6) is -0.953. The number of carbonyl (C=O) groups is 2. The van der Waals surface area contributed by atoms with Crippen LogP contribution in [0.25, 0.3) is 11.1 Å². The highest BCUT2D eigenvalue weighted by molar-refractivity contribution is 5.96. The molecule has 0 spiro atoms. The van der Waals surface area contributed by atoms with Crippen LogP contribution in [0.4, 0.5) is 13.2 Å². The third kappa shape index (κ3) is 12.1. The fraction of sp³-hybridized carbons (Fsp3) is 0.389. The van der Waals surface area contributed by atoms with Crippen molar-refractivity contribution in [3.05, 3.63) is 96.6 Å². The highest BCUT2D eigenvalue weighted by Crippen LogP contribution is 2.27. The Morgan fingerprint density at radius 2 is 1.42 bits per heavy atom. The molecule has 3 rings (SSSR count). The molecule has 0 aliphatic heterocycles. The smallest absolute Gasteiger partial charge is 0.414 e. The predicted octanol–water partition coefficient (Wildman–Crippen LogP) is 9.38. The zero-order valence-corrected chi connectivity index (χ0v) is 25.7. The van der Waals surface area contributed by atoms with E-state index in [4.69, 9.17) is 18.9 Å². The van der Waals surface area contributed by atoms with Crippen LogP contribution in [0, 0.1) is 0 Å². The van der Waals surface area contributed by atoms with Gasteiger partial charge in [0.2, 0.25) is 0 Å². The number of hydrogen-bond donors (Lipinski definition) is 0. The predicted molar refractivity (Wildman–Crippen MR) is 168 cm³/mol. The number of benzene rings is 3. The summed E-state index contributed by atoms with van der Waals surface area (Å²) in [6.07, 6.45) is 1.32. The van der Waals surface area contributed by atoms with Gasteiger partial charge in [0.25, 0.3) is 0 Å². The first-order chi connectivity index (χ1) is 21.7. The summed E-state index contributed by atoms with van der Waals surface area (Å²) in [5.41, 5.74) is 1.96. The second-order valence-electron chi connectivity index (χ2n) is 10.5. The van der Waals surface area contributed by atoms with Crippen LogP contribution in [0.3, 0.4) is 0 Å². The van der Waals surface area contributed by atoms with Crippen LogP contribution in [-0.4, -0.2) is 44.0 Å². The molecule has 0 saturated heterocycles. The minimum absolute atomic E-state index is 0.0109. The first-order valence-corrected chi connectivity index (χ1v) is 15.3. The van der Waals surface area contributed by atoms with Crippen LogP contribution in [0.5, 0.6) is 11.5 Å². The highest BCUT2D eigenvalue weighted by atomic mass is 19.4. The van der Waals surface area contributed by atoms with Crippen molar-refractivity contribution in [1.82, 2.24) is 0 Å². The largest absolute Gasteiger partial charge is 0.490 e. The third-order valence-electron chi connectivity index (χ3n) is 7.03. The van der Waals surface area contributed by atoms with E-state index in [1.807, 2.05) is 24.3 Å². The lowest BCUT2D eigenvalue weighted by atomic mass is 10.0. The minimum atomic E-state index is -4.58. The number of alkyl halides is 3. The Hall–Kier alpha value is -4.11. The second-order valence-corrected chi connectivity index (χ2v) is 10.5. The van der Waals surface area contributed by atoms with E-state index in [9.17, 15) is 22.8 Å². The molecule has 6 nitrogen and oxygen atoms in total. The van der Waals surface area contributed by atoms with Crippen molar-refractivity contribution in [2.45, 2.75) is 70.6 Å². The topological polar surface area (TPSA) is 71.1 Å². The molecule has 1 unspecified atom stereocenters. The Balaban J connectivity index is 1.51. The van der Waals surface area contributed by atoms with E-state index >= 15 is 0 Å². The number of rotatable bonds is 19. The molecule has 9 heteroatoms. The number of halogens is 3. The fourth-order valence-electron chi connectivity index (χ4n) is 4.54. The minimum Gasteiger partial charge on any atom is -0.490 e. The number of unbranched alkanes of at least 4 members (excludes halogenated alkanes) is 6. The van der Waals surface area contributed by atoms with Gasteiger partial charge in [-0.25, -0.2) is 9.59 Å². The van der Waals surface area contributed by atoms with E-state index in [1.165, 1.54) is 12.1 Å². The first kappa shape index (κ1) is 35.4. The van der Waals surface area contributed by atoms with Crippen molar-refractivity contribution < 1.29 is 41.7 Å². The monoisotopic (exact) mass is 626 g/mol. The molecule has 3 aromatic rings. The quantitative estimate of drug-likeness (QED) is 0.0572. The van der Waals surface area contributed by atoms with Crippen molar-refractivity contribution in [2.75, 3.05) is 19.8 Å². The Bertz CT molecular complexity index is 1340. The molecule has 45 heavy (non-hydrogen) atoms. The maximum Gasteiger partial charge on any atom is 0.414 e. The van der Waals surface area contributed by atoms with E-state index in [1.54, 1.807) is 42.5 Å². The average Bonchev–Trinajstić information content (AvgIpc) is 3.04. The molecule has 0 aliphatic carbocycles. The molecule has 1 atom stereocenters. The molecule has 0 aliphatic rings. The van der Waals surface area contributed by atoms with Gasteiger partial charge in [-0.2, -0.15) is 13.2 Å². The summed E-state index contributed by atoms with van der Waals surface area (Å²) < 4.78 is 61.7. The van der Waals surface area contributed by atoms with Gasteiger partial charge in [-0.05, 0) is 53.9 Å². The van der Waals surface area contributed by atoms with Crippen LogP contribution in [0.15, 0.2) is 85.5 Å². The Kier molecular flexibility index (Phi) is 14.7. The number of carbonyl (C=O) groups excluding carboxylic acids is 2. The van der Waals surface area contributed by atoms with Gasteiger partial charge in [0.15, 0.2) is 6.10 Å². The Morgan fingerprint density at radius 1 is 0.800 bits per heavy atom. The molecule has 3 aromatic carbocycles. The van der Waals surface area contributed by atoms with E-state index < -0.39 is 37.2 Å². The molecule has 0 N–H and O–H groups in total. The van der Waals surface area contributed by atoms with E-state index in [0.29, 0.717) is 18.8 Å². The van der Waals surface area contributed by atoms with Crippen LogP contribution in [0.1, 0.15) is 79.0 Å². The third-order valence-corrected chi connectivity index (χ3v) is 7.03.